The van der Waals surface area contributed by atoms with E-state index >= 15 is 0 Å². The lowest BCUT2D eigenvalue weighted by molar-refractivity contribution is 0.109. The summed E-state index contributed by atoms with van der Waals surface area (Å²) in [5, 5.41) is 0. The van der Waals surface area contributed by atoms with Gasteiger partial charge < -0.3 is 14.2 Å². The number of benzene rings is 1. The standard InChI is InChI=1S/C12H16O3/c1-13-9-5-6-10(12(8-9)14-2)11-4-3-7-15-11/h5-6,8,11H,3-4,7H2,1-2H3. The third kappa shape index (κ3) is 2.07. The average Bonchev–Trinajstić information content (AvgIpc) is 2.81. The quantitative estimate of drug-likeness (QED) is 0.764. The van der Waals surface area contributed by atoms with Crippen molar-refractivity contribution in [2.24, 2.45) is 0 Å². The van der Waals surface area contributed by atoms with Crippen molar-refractivity contribution < 1.29 is 14.2 Å². The monoisotopic (exact) mass is 208 g/mol. The first-order valence-electron chi connectivity index (χ1n) is 5.18. The van der Waals surface area contributed by atoms with E-state index in [1.807, 2.05) is 18.2 Å². The lowest BCUT2D eigenvalue weighted by Crippen LogP contribution is -1.99. The summed E-state index contributed by atoms with van der Waals surface area (Å²) in [6.45, 7) is 0.847. The van der Waals surface area contributed by atoms with Crippen LogP contribution >= 0.6 is 0 Å². The number of hydrogen-bond donors (Lipinski definition) is 0. The summed E-state index contributed by atoms with van der Waals surface area (Å²) in [5.41, 5.74) is 1.12. The summed E-state index contributed by atoms with van der Waals surface area (Å²) in [6.07, 6.45) is 2.38. The molecule has 0 amide bonds. The van der Waals surface area contributed by atoms with Crippen LogP contribution < -0.4 is 9.47 Å². The summed E-state index contributed by atoms with van der Waals surface area (Å²) in [7, 11) is 3.33. The van der Waals surface area contributed by atoms with Crippen LogP contribution in [0.4, 0.5) is 0 Å². The maximum atomic E-state index is 5.63. The molecule has 15 heavy (non-hydrogen) atoms. The molecule has 1 aromatic carbocycles. The topological polar surface area (TPSA) is 27.7 Å². The van der Waals surface area contributed by atoms with Crippen LogP contribution in [0.1, 0.15) is 24.5 Å². The lowest BCUT2D eigenvalue weighted by Gasteiger charge is -2.15. The highest BCUT2D eigenvalue weighted by atomic mass is 16.5. The highest BCUT2D eigenvalue weighted by Crippen LogP contribution is 2.36. The molecule has 82 valence electrons. The van der Waals surface area contributed by atoms with Gasteiger partial charge in [0.2, 0.25) is 0 Å². The largest absolute Gasteiger partial charge is 0.497 e. The summed E-state index contributed by atoms with van der Waals surface area (Å²) in [6, 6.07) is 5.87. The first-order chi connectivity index (χ1) is 7.35. The van der Waals surface area contributed by atoms with Crippen LogP contribution in [0.25, 0.3) is 0 Å². The van der Waals surface area contributed by atoms with Crippen LogP contribution in [0.2, 0.25) is 0 Å². The maximum absolute atomic E-state index is 5.63. The molecule has 1 aliphatic rings. The molecule has 1 aliphatic heterocycles. The Morgan fingerprint density at radius 3 is 2.73 bits per heavy atom. The van der Waals surface area contributed by atoms with Gasteiger partial charge in [-0.2, -0.15) is 0 Å². The Kier molecular flexibility index (Phi) is 3.11. The van der Waals surface area contributed by atoms with Crippen molar-refractivity contribution in [3.63, 3.8) is 0 Å². The van der Waals surface area contributed by atoms with Crippen LogP contribution in [0.3, 0.4) is 0 Å². The number of ether oxygens (including phenoxy) is 3. The summed E-state index contributed by atoms with van der Waals surface area (Å²) >= 11 is 0. The molecular formula is C12H16O3. The molecule has 0 spiro atoms. The molecule has 1 aromatic rings. The number of methoxy groups -OCH3 is 2. The molecule has 0 saturated carbocycles. The molecule has 0 aliphatic carbocycles. The van der Waals surface area contributed by atoms with E-state index in [1.54, 1.807) is 14.2 Å². The Morgan fingerprint density at radius 2 is 2.13 bits per heavy atom. The van der Waals surface area contributed by atoms with Gasteiger partial charge in [-0.25, -0.2) is 0 Å². The van der Waals surface area contributed by atoms with E-state index in [1.165, 1.54) is 0 Å². The predicted octanol–water partition coefficient (Wildman–Crippen LogP) is 2.56. The van der Waals surface area contributed by atoms with E-state index in [0.717, 1.165) is 36.5 Å². The van der Waals surface area contributed by atoms with E-state index < -0.39 is 0 Å². The molecule has 0 bridgehead atoms. The van der Waals surface area contributed by atoms with Crippen molar-refractivity contribution in [2.75, 3.05) is 20.8 Å². The molecule has 0 radical (unpaired) electrons. The summed E-state index contributed by atoms with van der Waals surface area (Å²) in [4.78, 5) is 0. The second kappa shape index (κ2) is 4.53. The minimum Gasteiger partial charge on any atom is -0.497 e. The van der Waals surface area contributed by atoms with Crippen molar-refractivity contribution in [2.45, 2.75) is 18.9 Å². The fraction of sp³-hybridized carbons (Fsp3) is 0.500. The van der Waals surface area contributed by atoms with Gasteiger partial charge >= 0.3 is 0 Å². The van der Waals surface area contributed by atoms with Crippen LogP contribution in [-0.2, 0) is 4.74 Å². The third-order valence-electron chi connectivity index (χ3n) is 2.72. The molecule has 2 rings (SSSR count). The van der Waals surface area contributed by atoms with E-state index in [4.69, 9.17) is 14.2 Å². The molecule has 3 heteroatoms. The Hall–Kier alpha value is -1.22. The van der Waals surface area contributed by atoms with Crippen molar-refractivity contribution in [1.29, 1.82) is 0 Å². The Morgan fingerprint density at radius 1 is 1.27 bits per heavy atom. The van der Waals surface area contributed by atoms with Gasteiger partial charge in [-0.3, -0.25) is 0 Å². The minimum atomic E-state index is 0.186. The van der Waals surface area contributed by atoms with Gasteiger partial charge in [0.25, 0.3) is 0 Å². The van der Waals surface area contributed by atoms with Crippen LogP contribution in [0, 0.1) is 0 Å². The van der Waals surface area contributed by atoms with Gasteiger partial charge in [-0.15, -0.1) is 0 Å². The maximum Gasteiger partial charge on any atom is 0.128 e. The zero-order valence-electron chi connectivity index (χ0n) is 9.16. The van der Waals surface area contributed by atoms with Gasteiger partial charge in [0.05, 0.1) is 20.3 Å². The van der Waals surface area contributed by atoms with Crippen molar-refractivity contribution >= 4 is 0 Å². The molecule has 1 atom stereocenters. The predicted molar refractivity (Wildman–Crippen MR) is 57.5 cm³/mol. The number of rotatable bonds is 3. The van der Waals surface area contributed by atoms with E-state index in [-0.39, 0.29) is 6.10 Å². The van der Waals surface area contributed by atoms with Crippen molar-refractivity contribution in [3.8, 4) is 11.5 Å². The third-order valence-corrected chi connectivity index (χ3v) is 2.72. The summed E-state index contributed by atoms with van der Waals surface area (Å²) < 4.78 is 16.1. The highest BCUT2D eigenvalue weighted by molar-refractivity contribution is 5.42. The first-order valence-corrected chi connectivity index (χ1v) is 5.18. The lowest BCUT2D eigenvalue weighted by atomic mass is 10.1. The first kappa shape index (κ1) is 10.3. The molecule has 0 aromatic heterocycles. The fourth-order valence-electron chi connectivity index (χ4n) is 1.91. The second-order valence-corrected chi connectivity index (χ2v) is 3.61. The zero-order chi connectivity index (χ0) is 10.7. The van der Waals surface area contributed by atoms with Crippen LogP contribution in [0.15, 0.2) is 18.2 Å². The second-order valence-electron chi connectivity index (χ2n) is 3.61. The molecular weight excluding hydrogens is 192 g/mol. The van der Waals surface area contributed by atoms with E-state index in [2.05, 4.69) is 0 Å². The molecule has 1 saturated heterocycles. The van der Waals surface area contributed by atoms with Gasteiger partial charge in [0.1, 0.15) is 11.5 Å². The zero-order valence-corrected chi connectivity index (χ0v) is 9.16. The van der Waals surface area contributed by atoms with E-state index in [9.17, 15) is 0 Å². The SMILES string of the molecule is COc1ccc(C2CCCO2)c(OC)c1. The smallest absolute Gasteiger partial charge is 0.128 e. The average molecular weight is 208 g/mol. The molecule has 1 fully saturated rings. The minimum absolute atomic E-state index is 0.186. The van der Waals surface area contributed by atoms with Gasteiger partial charge in [-0.1, -0.05) is 0 Å². The van der Waals surface area contributed by atoms with Gasteiger partial charge in [-0.05, 0) is 25.0 Å². The number of hydrogen-bond acceptors (Lipinski definition) is 3. The molecule has 0 N–H and O–H groups in total. The Balaban J connectivity index is 2.29. The Bertz CT molecular complexity index is 330. The van der Waals surface area contributed by atoms with Crippen LogP contribution in [-0.4, -0.2) is 20.8 Å². The molecule has 1 unspecified atom stereocenters. The van der Waals surface area contributed by atoms with Crippen molar-refractivity contribution in [1.82, 2.24) is 0 Å². The van der Waals surface area contributed by atoms with E-state index in [0.29, 0.717) is 0 Å². The van der Waals surface area contributed by atoms with Gasteiger partial charge in [0, 0.05) is 18.2 Å². The highest BCUT2D eigenvalue weighted by Gasteiger charge is 2.21. The van der Waals surface area contributed by atoms with Crippen LogP contribution in [0.5, 0.6) is 11.5 Å². The van der Waals surface area contributed by atoms with Crippen molar-refractivity contribution in [3.05, 3.63) is 23.8 Å². The summed E-state index contributed by atoms with van der Waals surface area (Å²) in [5.74, 6) is 1.66. The molecule has 3 nitrogen and oxygen atoms in total. The normalized spacial score (nSPS) is 20.3. The Labute approximate surface area is 90.0 Å². The fourth-order valence-corrected chi connectivity index (χ4v) is 1.91. The van der Waals surface area contributed by atoms with Gasteiger partial charge in [0.15, 0.2) is 0 Å². The molecule has 1 heterocycles.